The van der Waals surface area contributed by atoms with E-state index in [1.165, 1.54) is 23.5 Å². The van der Waals surface area contributed by atoms with Gasteiger partial charge in [-0.1, -0.05) is 17.3 Å². The van der Waals surface area contributed by atoms with Crippen LogP contribution < -0.4 is 9.47 Å². The third-order valence-electron chi connectivity index (χ3n) is 4.44. The van der Waals surface area contributed by atoms with Crippen molar-refractivity contribution in [1.82, 2.24) is 15.1 Å². The van der Waals surface area contributed by atoms with Gasteiger partial charge in [0, 0.05) is 16.5 Å². The Morgan fingerprint density at radius 1 is 0.967 bits per heavy atom. The highest BCUT2D eigenvalue weighted by molar-refractivity contribution is 7.10. The number of thiazole rings is 1. The summed E-state index contributed by atoms with van der Waals surface area (Å²) >= 11 is 1.42. The molecule has 6 nitrogen and oxygen atoms in total. The number of rotatable bonds is 4. The SMILES string of the molecule is FC(F)(F)c1cccc(-c2noc(Cc3nc(-c4ccc5c(c4)OCO5)cs3)n2)c1. The summed E-state index contributed by atoms with van der Waals surface area (Å²) in [7, 11) is 0. The average molecular weight is 431 g/mol. The van der Waals surface area contributed by atoms with Gasteiger partial charge in [-0.25, -0.2) is 4.98 Å². The highest BCUT2D eigenvalue weighted by Gasteiger charge is 2.30. The predicted molar refractivity (Wildman–Crippen MR) is 101 cm³/mol. The molecule has 30 heavy (non-hydrogen) atoms. The number of hydrogen-bond acceptors (Lipinski definition) is 7. The molecule has 3 heterocycles. The Bertz CT molecular complexity index is 1220. The van der Waals surface area contributed by atoms with Crippen molar-refractivity contribution in [1.29, 1.82) is 0 Å². The second kappa shape index (κ2) is 7.13. The van der Waals surface area contributed by atoms with E-state index < -0.39 is 11.7 Å². The van der Waals surface area contributed by atoms with Gasteiger partial charge in [0.2, 0.25) is 18.5 Å². The number of ether oxygens (including phenoxy) is 2. The third-order valence-corrected chi connectivity index (χ3v) is 5.29. The number of halogens is 3. The third kappa shape index (κ3) is 3.61. The first-order chi connectivity index (χ1) is 14.5. The van der Waals surface area contributed by atoms with Crippen LogP contribution in [0.2, 0.25) is 0 Å². The van der Waals surface area contributed by atoms with Gasteiger partial charge in [-0.15, -0.1) is 11.3 Å². The van der Waals surface area contributed by atoms with E-state index in [-0.39, 0.29) is 30.5 Å². The quantitative estimate of drug-likeness (QED) is 0.443. The van der Waals surface area contributed by atoms with Crippen LogP contribution in [0.5, 0.6) is 11.5 Å². The summed E-state index contributed by atoms with van der Waals surface area (Å²) in [6.07, 6.45) is -4.16. The number of alkyl halides is 3. The first-order valence-corrected chi connectivity index (χ1v) is 9.68. The van der Waals surface area contributed by atoms with Crippen LogP contribution in [0, 0.1) is 0 Å². The Kier molecular flexibility index (Phi) is 4.43. The van der Waals surface area contributed by atoms with Crippen molar-refractivity contribution in [2.75, 3.05) is 6.79 Å². The van der Waals surface area contributed by atoms with E-state index in [0.717, 1.165) is 28.4 Å². The molecule has 0 bridgehead atoms. The second-order valence-corrected chi connectivity index (χ2v) is 7.40. The lowest BCUT2D eigenvalue weighted by molar-refractivity contribution is -0.137. The molecule has 10 heteroatoms. The molecule has 5 rings (SSSR count). The van der Waals surface area contributed by atoms with Crippen LogP contribution in [0.15, 0.2) is 52.4 Å². The Morgan fingerprint density at radius 3 is 2.70 bits per heavy atom. The first-order valence-electron chi connectivity index (χ1n) is 8.80. The van der Waals surface area contributed by atoms with Gasteiger partial charge >= 0.3 is 6.18 Å². The summed E-state index contributed by atoms with van der Waals surface area (Å²) in [5.74, 6) is 1.74. The molecule has 1 aliphatic heterocycles. The van der Waals surface area contributed by atoms with Crippen molar-refractivity contribution < 1.29 is 27.2 Å². The van der Waals surface area contributed by atoms with E-state index >= 15 is 0 Å². The fourth-order valence-corrected chi connectivity index (χ4v) is 3.78. The monoisotopic (exact) mass is 431 g/mol. The highest BCUT2D eigenvalue weighted by Crippen LogP contribution is 2.36. The molecular formula is C20H12F3N3O3S. The summed E-state index contributed by atoms with van der Waals surface area (Å²) in [6, 6.07) is 10.4. The molecule has 4 aromatic rings. The van der Waals surface area contributed by atoms with Gasteiger partial charge in [0.05, 0.1) is 17.7 Å². The summed E-state index contributed by atoms with van der Waals surface area (Å²) < 4.78 is 54.6. The van der Waals surface area contributed by atoms with Gasteiger partial charge in [-0.3, -0.25) is 0 Å². The molecule has 0 saturated carbocycles. The van der Waals surface area contributed by atoms with Gasteiger partial charge in [0.25, 0.3) is 0 Å². The fourth-order valence-electron chi connectivity index (χ4n) is 2.99. The zero-order chi connectivity index (χ0) is 20.7. The molecule has 0 aliphatic carbocycles. The fraction of sp³-hybridized carbons (Fsp3) is 0.150. The zero-order valence-corrected chi connectivity index (χ0v) is 16.0. The molecule has 1 aliphatic rings. The molecule has 0 saturated heterocycles. The summed E-state index contributed by atoms with van der Waals surface area (Å²) in [5.41, 5.74) is 1.13. The first kappa shape index (κ1) is 18.6. The predicted octanol–water partition coefficient (Wildman–Crippen LogP) is 5.20. The summed E-state index contributed by atoms with van der Waals surface area (Å²) in [4.78, 5) is 8.79. The standard InChI is InChI=1S/C20H12F3N3O3S/c21-20(22,23)13-3-1-2-12(6-13)19-25-17(29-26-19)8-18-24-14(9-30-18)11-4-5-15-16(7-11)28-10-27-15/h1-7,9H,8,10H2. The molecule has 2 aromatic carbocycles. The number of benzene rings is 2. The van der Waals surface area contributed by atoms with Crippen molar-refractivity contribution >= 4 is 11.3 Å². The van der Waals surface area contributed by atoms with Gasteiger partial charge < -0.3 is 14.0 Å². The van der Waals surface area contributed by atoms with E-state index in [1.54, 1.807) is 0 Å². The van der Waals surface area contributed by atoms with Crippen molar-refractivity contribution in [3.05, 3.63) is 64.3 Å². The van der Waals surface area contributed by atoms with Crippen LogP contribution >= 0.6 is 11.3 Å². The Labute approximate surface area is 171 Å². The number of aromatic nitrogens is 3. The van der Waals surface area contributed by atoms with Gasteiger partial charge in [-0.2, -0.15) is 18.2 Å². The van der Waals surface area contributed by atoms with Gasteiger partial charge in [-0.05, 0) is 30.3 Å². The second-order valence-electron chi connectivity index (χ2n) is 6.46. The smallest absolute Gasteiger partial charge is 0.416 e. The van der Waals surface area contributed by atoms with E-state index in [4.69, 9.17) is 14.0 Å². The number of fused-ring (bicyclic) bond motifs is 1. The van der Waals surface area contributed by atoms with Crippen molar-refractivity contribution in [2.45, 2.75) is 12.6 Å². The lowest BCUT2D eigenvalue weighted by Gasteiger charge is -2.06. The van der Waals surface area contributed by atoms with Gasteiger partial charge in [0.1, 0.15) is 5.01 Å². The normalized spacial score (nSPS) is 13.0. The molecule has 0 atom stereocenters. The van der Waals surface area contributed by atoms with E-state index in [1.807, 2.05) is 23.6 Å². The van der Waals surface area contributed by atoms with Crippen molar-refractivity contribution in [3.8, 4) is 34.1 Å². The van der Waals surface area contributed by atoms with Crippen LogP contribution in [0.1, 0.15) is 16.5 Å². The molecule has 0 fully saturated rings. The number of hydrogen-bond donors (Lipinski definition) is 0. The van der Waals surface area contributed by atoms with Gasteiger partial charge in [0.15, 0.2) is 11.5 Å². The molecular weight excluding hydrogens is 419 g/mol. The lowest BCUT2D eigenvalue weighted by atomic mass is 10.1. The summed E-state index contributed by atoms with van der Waals surface area (Å²) in [6.45, 7) is 0.201. The molecule has 0 unspecified atom stereocenters. The van der Waals surface area contributed by atoms with Crippen molar-refractivity contribution in [2.24, 2.45) is 0 Å². The van der Waals surface area contributed by atoms with Crippen LogP contribution in [0.3, 0.4) is 0 Å². The molecule has 0 N–H and O–H groups in total. The maximum atomic E-state index is 12.9. The summed E-state index contributed by atoms with van der Waals surface area (Å²) in [5, 5.41) is 6.44. The Hall–Kier alpha value is -3.40. The highest BCUT2D eigenvalue weighted by atomic mass is 32.1. The zero-order valence-electron chi connectivity index (χ0n) is 15.1. The Morgan fingerprint density at radius 2 is 1.83 bits per heavy atom. The van der Waals surface area contributed by atoms with E-state index in [0.29, 0.717) is 11.5 Å². The molecule has 0 amide bonds. The lowest BCUT2D eigenvalue weighted by Crippen LogP contribution is -2.04. The maximum absolute atomic E-state index is 12.9. The maximum Gasteiger partial charge on any atom is 0.416 e. The van der Waals surface area contributed by atoms with Crippen LogP contribution in [0.25, 0.3) is 22.6 Å². The molecule has 152 valence electrons. The van der Waals surface area contributed by atoms with Crippen LogP contribution in [-0.4, -0.2) is 21.9 Å². The van der Waals surface area contributed by atoms with E-state index in [9.17, 15) is 13.2 Å². The molecule has 0 radical (unpaired) electrons. The largest absolute Gasteiger partial charge is 0.454 e. The Balaban J connectivity index is 1.34. The minimum Gasteiger partial charge on any atom is -0.454 e. The number of nitrogens with zero attached hydrogens (tertiary/aromatic N) is 3. The van der Waals surface area contributed by atoms with E-state index in [2.05, 4.69) is 15.1 Å². The topological polar surface area (TPSA) is 70.3 Å². The minimum atomic E-state index is -4.44. The molecule has 2 aromatic heterocycles. The van der Waals surface area contributed by atoms with Crippen LogP contribution in [-0.2, 0) is 12.6 Å². The van der Waals surface area contributed by atoms with Crippen molar-refractivity contribution in [3.63, 3.8) is 0 Å². The minimum absolute atomic E-state index is 0.101. The van der Waals surface area contributed by atoms with Crippen LogP contribution in [0.4, 0.5) is 13.2 Å². The molecule has 0 spiro atoms. The average Bonchev–Trinajstić information content (AvgIpc) is 3.48.